The summed E-state index contributed by atoms with van der Waals surface area (Å²) in [5, 5.41) is 0. The lowest BCUT2D eigenvalue weighted by molar-refractivity contribution is 0.546. The number of halogens is 1. The lowest BCUT2D eigenvalue weighted by atomic mass is 9.87. The molecule has 0 N–H and O–H groups in total. The quantitative estimate of drug-likeness (QED) is 0.558. The van der Waals surface area contributed by atoms with Crippen molar-refractivity contribution in [1.82, 2.24) is 0 Å². The van der Waals surface area contributed by atoms with Gasteiger partial charge in [-0.15, -0.1) is 0 Å². The summed E-state index contributed by atoms with van der Waals surface area (Å²) in [6, 6.07) is 9.70. The van der Waals surface area contributed by atoms with Crippen molar-refractivity contribution in [2.45, 2.75) is 53.5 Å². The molecule has 0 saturated carbocycles. The van der Waals surface area contributed by atoms with Crippen LogP contribution in [0.25, 0.3) is 5.57 Å². The van der Waals surface area contributed by atoms with Gasteiger partial charge < -0.3 is 4.90 Å². The Labute approximate surface area is 162 Å². The van der Waals surface area contributed by atoms with E-state index in [4.69, 9.17) is 0 Å². The molecule has 2 nitrogen and oxygen atoms in total. The lowest BCUT2D eigenvalue weighted by Crippen LogP contribution is -2.45. The molecule has 2 aromatic carbocycles. The van der Waals surface area contributed by atoms with Crippen molar-refractivity contribution in [3.63, 3.8) is 0 Å². The second-order valence-electron chi connectivity index (χ2n) is 8.07. The number of benzene rings is 2. The second-order valence-corrected chi connectivity index (χ2v) is 8.07. The Morgan fingerprint density at radius 2 is 1.85 bits per heavy atom. The monoisotopic (exact) mass is 364 g/mol. The first-order valence-electron chi connectivity index (χ1n) is 9.65. The van der Waals surface area contributed by atoms with Crippen LogP contribution < -0.4 is 4.90 Å². The number of rotatable bonds is 4. The van der Waals surface area contributed by atoms with Crippen LogP contribution in [0.5, 0.6) is 0 Å². The number of fused-ring (bicyclic) bond motifs is 1. The van der Waals surface area contributed by atoms with Gasteiger partial charge in [0.05, 0.1) is 11.2 Å². The maximum absolute atomic E-state index is 14.9. The number of hydrogen-bond donors (Lipinski definition) is 0. The minimum absolute atomic E-state index is 0.117. The minimum atomic E-state index is -0.228. The Hall–Kier alpha value is -2.42. The van der Waals surface area contributed by atoms with Gasteiger partial charge in [0.25, 0.3) is 0 Å². The molecule has 0 amide bonds. The highest BCUT2D eigenvalue weighted by atomic mass is 19.1. The number of hydrogen-bond acceptors (Lipinski definition) is 2. The molecule has 142 valence electrons. The number of aliphatic imine (C=N–C) groups is 1. The summed E-state index contributed by atoms with van der Waals surface area (Å²) in [6.07, 6.45) is 4.94. The summed E-state index contributed by atoms with van der Waals surface area (Å²) in [5.41, 5.74) is 6.82. The third-order valence-corrected chi connectivity index (χ3v) is 5.24. The van der Waals surface area contributed by atoms with E-state index < -0.39 is 0 Å². The number of anilines is 1. The molecule has 0 fully saturated rings. The highest BCUT2D eigenvalue weighted by molar-refractivity contribution is 5.89. The van der Waals surface area contributed by atoms with Crippen LogP contribution in [0.3, 0.4) is 0 Å². The van der Waals surface area contributed by atoms with Gasteiger partial charge in [-0.25, -0.2) is 4.39 Å². The van der Waals surface area contributed by atoms with E-state index in [-0.39, 0.29) is 11.4 Å². The van der Waals surface area contributed by atoms with Gasteiger partial charge in [0, 0.05) is 29.6 Å². The molecule has 1 aliphatic rings. The normalized spacial score (nSPS) is 15.8. The van der Waals surface area contributed by atoms with Crippen molar-refractivity contribution in [2.75, 3.05) is 11.4 Å². The predicted molar refractivity (Wildman–Crippen MR) is 115 cm³/mol. The molecule has 3 rings (SSSR count). The summed E-state index contributed by atoms with van der Waals surface area (Å²) in [6.45, 7) is 13.6. The highest BCUT2D eigenvalue weighted by Crippen LogP contribution is 2.40. The molecule has 0 unspecified atom stereocenters. The fourth-order valence-corrected chi connectivity index (χ4v) is 3.94. The zero-order chi connectivity index (χ0) is 19.8. The van der Waals surface area contributed by atoms with Crippen LogP contribution in [0.1, 0.15) is 56.4 Å². The topological polar surface area (TPSA) is 15.6 Å². The van der Waals surface area contributed by atoms with E-state index in [0.717, 1.165) is 35.5 Å². The van der Waals surface area contributed by atoms with E-state index in [9.17, 15) is 4.39 Å². The molecule has 2 aromatic rings. The molecule has 0 atom stereocenters. The maximum atomic E-state index is 14.9. The van der Waals surface area contributed by atoms with Gasteiger partial charge in [0.2, 0.25) is 0 Å². The standard InChI is InChI=1S/C24H29FN2/c1-7-10-27-23-13-21(25)19(12-20(23)18(4)14-24(27,5)6)15-26-22-9-8-16(2)11-17(22)3/h8-9,11-15H,7,10H2,1-6H3. The van der Waals surface area contributed by atoms with Gasteiger partial charge in [0.15, 0.2) is 0 Å². The molecule has 0 radical (unpaired) electrons. The molecule has 0 saturated heterocycles. The van der Waals surface area contributed by atoms with Crippen LogP contribution >= 0.6 is 0 Å². The molecule has 0 spiro atoms. The zero-order valence-corrected chi connectivity index (χ0v) is 17.2. The van der Waals surface area contributed by atoms with Crippen LogP contribution in [0.2, 0.25) is 0 Å². The Balaban J connectivity index is 2.03. The number of allylic oxidation sites excluding steroid dienone is 1. The molecule has 0 aromatic heterocycles. The van der Waals surface area contributed by atoms with Crippen molar-refractivity contribution in [2.24, 2.45) is 4.99 Å². The van der Waals surface area contributed by atoms with E-state index in [2.05, 4.69) is 56.7 Å². The van der Waals surface area contributed by atoms with E-state index in [1.165, 1.54) is 11.1 Å². The second kappa shape index (κ2) is 7.30. The van der Waals surface area contributed by atoms with Crippen molar-refractivity contribution >= 4 is 23.2 Å². The van der Waals surface area contributed by atoms with Crippen LogP contribution in [0.15, 0.2) is 41.4 Å². The largest absolute Gasteiger partial charge is 0.362 e. The fourth-order valence-electron chi connectivity index (χ4n) is 3.94. The van der Waals surface area contributed by atoms with Crippen molar-refractivity contribution in [3.05, 3.63) is 64.5 Å². The molecular weight excluding hydrogens is 335 g/mol. The van der Waals surface area contributed by atoms with E-state index in [1.54, 1.807) is 12.3 Å². The number of aryl methyl sites for hydroxylation is 2. The Morgan fingerprint density at radius 3 is 2.52 bits per heavy atom. The minimum Gasteiger partial charge on any atom is -0.362 e. The van der Waals surface area contributed by atoms with Gasteiger partial charge in [-0.05, 0) is 70.4 Å². The third-order valence-electron chi connectivity index (χ3n) is 5.24. The summed E-state index contributed by atoms with van der Waals surface area (Å²) >= 11 is 0. The smallest absolute Gasteiger partial charge is 0.134 e. The van der Waals surface area contributed by atoms with Crippen LogP contribution in [0, 0.1) is 19.7 Å². The lowest BCUT2D eigenvalue weighted by Gasteiger charge is -2.43. The van der Waals surface area contributed by atoms with Crippen molar-refractivity contribution in [1.29, 1.82) is 0 Å². The highest BCUT2D eigenvalue weighted by Gasteiger charge is 2.31. The van der Waals surface area contributed by atoms with E-state index >= 15 is 0 Å². The first-order valence-corrected chi connectivity index (χ1v) is 9.65. The van der Waals surface area contributed by atoms with E-state index in [1.807, 2.05) is 25.1 Å². The van der Waals surface area contributed by atoms with Gasteiger partial charge in [-0.1, -0.05) is 30.7 Å². The molecule has 1 aliphatic heterocycles. The summed E-state index contributed by atoms with van der Waals surface area (Å²) in [5.74, 6) is -0.228. The Bertz CT molecular complexity index is 922. The van der Waals surface area contributed by atoms with Crippen molar-refractivity contribution in [3.8, 4) is 0 Å². The average Bonchev–Trinajstić information content (AvgIpc) is 2.58. The SMILES string of the molecule is CCCN1c2cc(F)c(C=Nc3ccc(C)cc3C)cc2C(C)=CC1(C)C. The summed E-state index contributed by atoms with van der Waals surface area (Å²) in [4.78, 5) is 6.83. The molecule has 3 heteroatoms. The third kappa shape index (κ3) is 3.83. The van der Waals surface area contributed by atoms with Crippen LogP contribution in [0.4, 0.5) is 15.8 Å². The molecule has 0 aliphatic carbocycles. The fraction of sp³-hybridized carbons (Fsp3) is 0.375. The summed E-state index contributed by atoms with van der Waals surface area (Å²) < 4.78 is 14.9. The number of nitrogens with zero attached hydrogens (tertiary/aromatic N) is 2. The molecule has 27 heavy (non-hydrogen) atoms. The van der Waals surface area contributed by atoms with Crippen LogP contribution in [-0.4, -0.2) is 18.3 Å². The zero-order valence-electron chi connectivity index (χ0n) is 17.2. The predicted octanol–water partition coefficient (Wildman–Crippen LogP) is 6.61. The molecule has 0 bridgehead atoms. The van der Waals surface area contributed by atoms with Gasteiger partial charge in [-0.3, -0.25) is 4.99 Å². The molecular formula is C24H29FN2. The van der Waals surface area contributed by atoms with Gasteiger partial charge >= 0.3 is 0 Å². The van der Waals surface area contributed by atoms with Crippen LogP contribution in [-0.2, 0) is 0 Å². The van der Waals surface area contributed by atoms with Gasteiger partial charge in [-0.2, -0.15) is 0 Å². The summed E-state index contributed by atoms with van der Waals surface area (Å²) in [7, 11) is 0. The molecule has 1 heterocycles. The van der Waals surface area contributed by atoms with E-state index in [0.29, 0.717) is 5.56 Å². The Morgan fingerprint density at radius 1 is 1.11 bits per heavy atom. The maximum Gasteiger partial charge on any atom is 0.134 e. The Kier molecular flexibility index (Phi) is 5.23. The first-order chi connectivity index (χ1) is 12.7. The first kappa shape index (κ1) is 19.3. The van der Waals surface area contributed by atoms with Gasteiger partial charge in [0.1, 0.15) is 5.82 Å². The van der Waals surface area contributed by atoms with Crippen molar-refractivity contribution < 1.29 is 4.39 Å². The average molecular weight is 365 g/mol.